The van der Waals surface area contributed by atoms with E-state index in [0.29, 0.717) is 12.6 Å². The molecule has 1 aromatic rings. The van der Waals surface area contributed by atoms with Crippen molar-refractivity contribution in [1.29, 1.82) is 0 Å². The minimum atomic E-state index is -2.01. The van der Waals surface area contributed by atoms with Crippen molar-refractivity contribution in [2.45, 2.75) is 12.6 Å². The normalized spacial score (nSPS) is 11.9. The Hall–Kier alpha value is -0.180. The molecule has 0 spiro atoms. The summed E-state index contributed by atoms with van der Waals surface area (Å²) in [4.78, 5) is 4.27. The highest BCUT2D eigenvalue weighted by atomic mass is 32.1. The fraction of sp³-hybridized carbons (Fsp3) is 0.625. The average molecular weight is 219 g/mol. The lowest BCUT2D eigenvalue weighted by molar-refractivity contribution is 0.299. The van der Waals surface area contributed by atoms with Crippen LogP contribution in [-0.4, -0.2) is 30.0 Å². The second-order valence-corrected chi connectivity index (χ2v) is 7.84. The van der Waals surface area contributed by atoms with Gasteiger partial charge in [-0.2, -0.15) is 0 Å². The van der Waals surface area contributed by atoms with E-state index in [4.69, 9.17) is 5.11 Å². The molecule has 74 valence electrons. The largest absolute Gasteiger partial charge is 0.396 e. The van der Waals surface area contributed by atoms with E-state index < -0.39 is 7.14 Å². The number of nitrogens with zero attached hydrogens (tertiary/aromatic N) is 1. The van der Waals surface area contributed by atoms with Gasteiger partial charge >= 0.3 is 0 Å². The highest BCUT2D eigenvalue weighted by Gasteiger charge is 2.11. The molecular weight excluding hydrogens is 205 g/mol. The van der Waals surface area contributed by atoms with E-state index in [2.05, 4.69) is 4.98 Å². The monoisotopic (exact) mass is 219 g/mol. The quantitative estimate of drug-likeness (QED) is 0.785. The van der Waals surface area contributed by atoms with E-state index in [-0.39, 0.29) is 6.61 Å². The lowest BCUT2D eigenvalue weighted by Crippen LogP contribution is -1.91. The number of thiazole rings is 1. The summed E-state index contributed by atoms with van der Waals surface area (Å²) in [5.74, 6) is 0. The van der Waals surface area contributed by atoms with Gasteiger partial charge < -0.3 is 9.67 Å². The van der Waals surface area contributed by atoms with Gasteiger partial charge in [0, 0.05) is 24.6 Å². The Labute approximate surface area is 82.2 Å². The van der Waals surface area contributed by atoms with Crippen LogP contribution in [0.1, 0.15) is 10.7 Å². The molecule has 0 saturated heterocycles. The van der Waals surface area contributed by atoms with Gasteiger partial charge in [0.1, 0.15) is 0 Å². The second kappa shape index (κ2) is 4.36. The molecule has 0 radical (unpaired) electrons. The van der Waals surface area contributed by atoms with Gasteiger partial charge in [-0.1, -0.05) is 0 Å². The van der Waals surface area contributed by atoms with E-state index >= 15 is 0 Å². The Kier molecular flexibility index (Phi) is 3.65. The SMILES string of the molecule is CP(C)(=O)Cc1csc(CCO)n1. The van der Waals surface area contributed by atoms with Crippen molar-refractivity contribution in [2.24, 2.45) is 0 Å². The maximum atomic E-state index is 11.5. The molecule has 1 aromatic heterocycles. The molecule has 0 bridgehead atoms. The average Bonchev–Trinajstić information content (AvgIpc) is 2.33. The van der Waals surface area contributed by atoms with Crippen molar-refractivity contribution in [3.63, 3.8) is 0 Å². The summed E-state index contributed by atoms with van der Waals surface area (Å²) in [5.41, 5.74) is 0.891. The predicted molar refractivity (Wildman–Crippen MR) is 56.1 cm³/mol. The molecule has 3 nitrogen and oxygen atoms in total. The van der Waals surface area contributed by atoms with Gasteiger partial charge in [-0.05, 0) is 13.3 Å². The minimum absolute atomic E-state index is 0.128. The molecule has 0 aliphatic rings. The maximum absolute atomic E-state index is 11.5. The van der Waals surface area contributed by atoms with Crippen molar-refractivity contribution < 1.29 is 9.67 Å². The van der Waals surface area contributed by atoms with Crippen LogP contribution in [0.5, 0.6) is 0 Å². The third-order valence-corrected chi connectivity index (χ3v) is 3.51. The maximum Gasteiger partial charge on any atom is 0.0951 e. The lowest BCUT2D eigenvalue weighted by atomic mass is 10.5. The molecule has 5 heteroatoms. The van der Waals surface area contributed by atoms with Crippen LogP contribution >= 0.6 is 18.5 Å². The first kappa shape index (κ1) is 10.9. The van der Waals surface area contributed by atoms with Crippen molar-refractivity contribution in [3.05, 3.63) is 16.1 Å². The standard InChI is InChI=1S/C8H14NO2PS/c1-12(2,11)5-7-6-13-8(9-7)3-4-10/h6,10H,3-5H2,1-2H3. The summed E-state index contributed by atoms with van der Waals surface area (Å²) in [5, 5.41) is 11.5. The fourth-order valence-corrected chi connectivity index (χ4v) is 2.88. The summed E-state index contributed by atoms with van der Waals surface area (Å²) in [6, 6.07) is 0. The Bertz CT molecular complexity index is 318. The summed E-state index contributed by atoms with van der Waals surface area (Å²) < 4.78 is 11.5. The van der Waals surface area contributed by atoms with Crippen LogP contribution in [-0.2, 0) is 17.1 Å². The first-order chi connectivity index (χ1) is 6.01. The molecule has 1 N–H and O–H groups in total. The van der Waals surface area contributed by atoms with Crippen LogP contribution in [0, 0.1) is 0 Å². The predicted octanol–water partition coefficient (Wildman–Crippen LogP) is 1.80. The first-order valence-corrected chi connectivity index (χ1v) is 7.76. The van der Waals surface area contributed by atoms with Crippen molar-refractivity contribution in [1.82, 2.24) is 4.98 Å². The molecule has 13 heavy (non-hydrogen) atoms. The molecule has 1 heterocycles. The lowest BCUT2D eigenvalue weighted by Gasteiger charge is -2.01. The molecule has 0 atom stereocenters. The summed E-state index contributed by atoms with van der Waals surface area (Å²) in [6.07, 6.45) is 1.16. The molecule has 0 aliphatic carbocycles. The number of aliphatic hydroxyl groups is 1. The second-order valence-electron chi connectivity index (χ2n) is 3.44. The number of aliphatic hydroxyl groups excluding tert-OH is 1. The van der Waals surface area contributed by atoms with Gasteiger partial charge in [-0.25, -0.2) is 4.98 Å². The molecule has 0 saturated carbocycles. The van der Waals surface area contributed by atoms with Gasteiger partial charge in [-0.3, -0.25) is 0 Å². The zero-order valence-corrected chi connectivity index (χ0v) is 9.57. The van der Waals surface area contributed by atoms with Crippen LogP contribution < -0.4 is 0 Å². The Morgan fingerprint density at radius 3 is 2.85 bits per heavy atom. The van der Waals surface area contributed by atoms with Crippen LogP contribution in [0.25, 0.3) is 0 Å². The Morgan fingerprint density at radius 1 is 1.62 bits per heavy atom. The number of hydrogen-bond acceptors (Lipinski definition) is 4. The van der Waals surface area contributed by atoms with E-state index in [0.717, 1.165) is 10.7 Å². The summed E-state index contributed by atoms with van der Waals surface area (Å²) in [6.45, 7) is 3.65. The van der Waals surface area contributed by atoms with E-state index in [1.165, 1.54) is 11.3 Å². The molecule has 0 fully saturated rings. The van der Waals surface area contributed by atoms with Gasteiger partial charge in [0.15, 0.2) is 0 Å². The molecule has 0 unspecified atom stereocenters. The molecule has 1 rings (SSSR count). The van der Waals surface area contributed by atoms with Gasteiger partial charge in [0.25, 0.3) is 0 Å². The molecule has 0 aromatic carbocycles. The Morgan fingerprint density at radius 2 is 2.31 bits per heavy atom. The molecular formula is C8H14NO2PS. The third-order valence-electron chi connectivity index (χ3n) is 1.47. The van der Waals surface area contributed by atoms with Crippen LogP contribution in [0.3, 0.4) is 0 Å². The first-order valence-electron chi connectivity index (χ1n) is 4.09. The Balaban J connectivity index is 2.64. The summed E-state index contributed by atoms with van der Waals surface area (Å²) >= 11 is 1.52. The fourth-order valence-electron chi connectivity index (χ4n) is 1.02. The van der Waals surface area contributed by atoms with Crippen LogP contribution in [0.4, 0.5) is 0 Å². The van der Waals surface area contributed by atoms with Crippen LogP contribution in [0.15, 0.2) is 5.38 Å². The van der Waals surface area contributed by atoms with E-state index in [9.17, 15) is 4.57 Å². The van der Waals surface area contributed by atoms with Gasteiger partial charge in [0.2, 0.25) is 0 Å². The zero-order chi connectivity index (χ0) is 9.90. The molecule has 0 aliphatic heterocycles. The van der Waals surface area contributed by atoms with E-state index in [1.807, 2.05) is 5.38 Å². The van der Waals surface area contributed by atoms with Gasteiger partial charge in [-0.15, -0.1) is 11.3 Å². The smallest absolute Gasteiger partial charge is 0.0951 e. The highest BCUT2D eigenvalue weighted by Crippen LogP contribution is 2.40. The number of rotatable bonds is 4. The van der Waals surface area contributed by atoms with Crippen molar-refractivity contribution in [3.8, 4) is 0 Å². The molecule has 0 amide bonds. The summed E-state index contributed by atoms with van der Waals surface area (Å²) in [7, 11) is -2.01. The minimum Gasteiger partial charge on any atom is -0.396 e. The topological polar surface area (TPSA) is 50.2 Å². The number of hydrogen-bond donors (Lipinski definition) is 1. The zero-order valence-electron chi connectivity index (χ0n) is 7.86. The van der Waals surface area contributed by atoms with Crippen LogP contribution in [0.2, 0.25) is 0 Å². The highest BCUT2D eigenvalue weighted by molar-refractivity contribution is 7.61. The van der Waals surface area contributed by atoms with Crippen molar-refractivity contribution >= 4 is 18.5 Å². The van der Waals surface area contributed by atoms with E-state index in [1.54, 1.807) is 13.3 Å². The number of aromatic nitrogens is 1. The van der Waals surface area contributed by atoms with Gasteiger partial charge in [0.05, 0.1) is 17.8 Å². The van der Waals surface area contributed by atoms with Crippen molar-refractivity contribution in [2.75, 3.05) is 19.9 Å². The third kappa shape index (κ3) is 4.03.